The molecule has 0 bridgehead atoms. The Hall–Kier alpha value is -2.08. The van der Waals surface area contributed by atoms with E-state index in [4.69, 9.17) is 0 Å². The fourth-order valence-corrected chi connectivity index (χ4v) is 2.76. The summed E-state index contributed by atoms with van der Waals surface area (Å²) in [5.41, 5.74) is 0.748. The van der Waals surface area contributed by atoms with Gasteiger partial charge in [-0.05, 0) is 24.3 Å². The van der Waals surface area contributed by atoms with Gasteiger partial charge in [-0.1, -0.05) is 12.1 Å². The molecule has 2 aromatic carbocycles. The fraction of sp³-hybridized carbons (Fsp3) is 0.0714. The van der Waals surface area contributed by atoms with Gasteiger partial charge in [-0.2, -0.15) is 0 Å². The van der Waals surface area contributed by atoms with Gasteiger partial charge in [0.1, 0.15) is 10.8 Å². The van der Waals surface area contributed by atoms with Crippen LogP contribution in [-0.2, 0) is 6.54 Å². The Morgan fingerprint density at radius 1 is 1.00 bits per heavy atom. The van der Waals surface area contributed by atoms with E-state index in [-0.39, 0.29) is 17.1 Å². The number of nitrogens with zero attached hydrogens (tertiary/aromatic N) is 1. The highest BCUT2D eigenvalue weighted by Gasteiger charge is 2.12. The number of benzene rings is 2. The molecule has 0 aliphatic carbocycles. The van der Waals surface area contributed by atoms with Crippen LogP contribution in [0.2, 0.25) is 0 Å². The Bertz CT molecular complexity index is 770. The molecule has 2 nitrogen and oxygen atoms in total. The van der Waals surface area contributed by atoms with E-state index >= 15 is 0 Å². The van der Waals surface area contributed by atoms with Crippen molar-refractivity contribution in [2.24, 2.45) is 0 Å². The summed E-state index contributed by atoms with van der Waals surface area (Å²) in [6.45, 7) is 0.251. The average molecular weight is 294 g/mol. The molecule has 3 aromatic rings. The predicted octanol–water partition coefficient (Wildman–Crippen LogP) is 4.33. The molecule has 20 heavy (non-hydrogen) atoms. The van der Waals surface area contributed by atoms with E-state index < -0.39 is 11.6 Å². The topological polar surface area (TPSA) is 24.9 Å². The van der Waals surface area contributed by atoms with Gasteiger partial charge in [0.15, 0.2) is 11.6 Å². The minimum Gasteiger partial charge on any atom is -0.376 e. The summed E-state index contributed by atoms with van der Waals surface area (Å²) in [5, 5.41) is 3.44. The van der Waals surface area contributed by atoms with Crippen molar-refractivity contribution in [2.75, 3.05) is 5.32 Å². The van der Waals surface area contributed by atoms with Crippen molar-refractivity contribution in [1.29, 1.82) is 0 Å². The lowest BCUT2D eigenvalue weighted by Gasteiger charge is -2.04. The number of rotatable bonds is 3. The van der Waals surface area contributed by atoms with Crippen LogP contribution in [0.3, 0.4) is 0 Å². The molecule has 102 valence electrons. The van der Waals surface area contributed by atoms with Gasteiger partial charge in [-0.15, -0.1) is 11.3 Å². The first-order chi connectivity index (χ1) is 9.65. The van der Waals surface area contributed by atoms with Crippen molar-refractivity contribution in [1.82, 2.24) is 4.98 Å². The van der Waals surface area contributed by atoms with Crippen LogP contribution in [0.4, 0.5) is 18.9 Å². The minimum absolute atomic E-state index is 0.176. The van der Waals surface area contributed by atoms with E-state index in [9.17, 15) is 13.2 Å². The van der Waals surface area contributed by atoms with Gasteiger partial charge in [0.25, 0.3) is 0 Å². The minimum atomic E-state index is -0.894. The molecule has 3 rings (SSSR count). The molecular formula is C14H9F3N2S. The molecule has 0 amide bonds. The number of aromatic nitrogens is 1. The third-order valence-corrected chi connectivity index (χ3v) is 3.86. The molecule has 0 aliphatic rings. The van der Waals surface area contributed by atoms with Gasteiger partial charge in [-0.3, -0.25) is 0 Å². The maximum absolute atomic E-state index is 13.6. The smallest absolute Gasteiger partial charge is 0.178 e. The second-order valence-corrected chi connectivity index (χ2v) is 5.23. The number of halogens is 3. The van der Waals surface area contributed by atoms with E-state index in [1.165, 1.54) is 12.1 Å². The third-order valence-electron chi connectivity index (χ3n) is 2.80. The number of hydrogen-bond donors (Lipinski definition) is 1. The maximum Gasteiger partial charge on any atom is 0.178 e. The summed E-state index contributed by atoms with van der Waals surface area (Å²) in [4.78, 5) is 4.19. The van der Waals surface area contributed by atoms with E-state index in [0.29, 0.717) is 16.2 Å². The molecule has 0 fully saturated rings. The molecule has 1 N–H and O–H groups in total. The highest BCUT2D eigenvalue weighted by atomic mass is 32.1. The van der Waals surface area contributed by atoms with E-state index in [1.54, 1.807) is 18.2 Å². The van der Waals surface area contributed by atoms with Crippen molar-refractivity contribution in [3.05, 3.63) is 58.9 Å². The van der Waals surface area contributed by atoms with Crippen LogP contribution < -0.4 is 5.32 Å². The monoisotopic (exact) mass is 294 g/mol. The van der Waals surface area contributed by atoms with Crippen LogP contribution in [0.15, 0.2) is 36.4 Å². The zero-order valence-electron chi connectivity index (χ0n) is 10.2. The molecule has 0 unspecified atom stereocenters. The van der Waals surface area contributed by atoms with Gasteiger partial charge < -0.3 is 5.32 Å². The molecule has 6 heteroatoms. The van der Waals surface area contributed by atoms with Crippen LogP contribution >= 0.6 is 11.3 Å². The lowest BCUT2D eigenvalue weighted by atomic mass is 10.3. The Morgan fingerprint density at radius 2 is 1.80 bits per heavy atom. The molecular weight excluding hydrogens is 285 g/mol. The summed E-state index contributed by atoms with van der Waals surface area (Å²) in [6, 6.07) is 8.72. The Labute approximate surface area is 116 Å². The van der Waals surface area contributed by atoms with Crippen LogP contribution in [0.5, 0.6) is 0 Å². The summed E-state index contributed by atoms with van der Waals surface area (Å²) in [5.74, 6) is -2.15. The molecule has 0 spiro atoms. The van der Waals surface area contributed by atoms with Crippen molar-refractivity contribution in [3.63, 3.8) is 0 Å². The molecule has 0 atom stereocenters. The number of hydrogen-bond acceptors (Lipinski definition) is 3. The number of fused-ring (bicyclic) bond motifs is 1. The zero-order chi connectivity index (χ0) is 14.1. The first kappa shape index (κ1) is 12.9. The number of anilines is 1. The van der Waals surface area contributed by atoms with Crippen molar-refractivity contribution in [3.8, 4) is 0 Å². The highest BCUT2D eigenvalue weighted by molar-refractivity contribution is 7.18. The Morgan fingerprint density at radius 3 is 2.60 bits per heavy atom. The predicted molar refractivity (Wildman–Crippen MR) is 73.3 cm³/mol. The van der Waals surface area contributed by atoms with Gasteiger partial charge in [0.05, 0.1) is 22.4 Å². The SMILES string of the molecule is Fc1ccccc1NCc1nc2ccc(F)c(F)c2s1. The van der Waals surface area contributed by atoms with Crippen LogP contribution in [-0.4, -0.2) is 4.98 Å². The summed E-state index contributed by atoms with van der Waals surface area (Å²) < 4.78 is 40.3. The number of nitrogens with one attached hydrogen (secondary N) is 1. The normalized spacial score (nSPS) is 10.9. The van der Waals surface area contributed by atoms with E-state index in [1.807, 2.05) is 0 Å². The lowest BCUT2D eigenvalue weighted by molar-refractivity contribution is 0.518. The van der Waals surface area contributed by atoms with Gasteiger partial charge >= 0.3 is 0 Å². The number of para-hydroxylation sites is 1. The molecule has 0 saturated carbocycles. The second kappa shape index (κ2) is 5.13. The zero-order valence-corrected chi connectivity index (χ0v) is 11.0. The molecule has 1 heterocycles. The van der Waals surface area contributed by atoms with Gasteiger partial charge in [-0.25, -0.2) is 18.2 Å². The van der Waals surface area contributed by atoms with Crippen LogP contribution in [0, 0.1) is 17.5 Å². The summed E-state index contributed by atoms with van der Waals surface area (Å²) >= 11 is 1.05. The van der Waals surface area contributed by atoms with Gasteiger partial charge in [0, 0.05) is 0 Å². The Kier molecular flexibility index (Phi) is 3.31. The molecule has 1 aromatic heterocycles. The molecule has 0 saturated heterocycles. The summed E-state index contributed by atoms with van der Waals surface area (Å²) in [7, 11) is 0. The average Bonchev–Trinajstić information content (AvgIpc) is 2.86. The largest absolute Gasteiger partial charge is 0.376 e. The van der Waals surface area contributed by atoms with Crippen LogP contribution in [0.25, 0.3) is 10.2 Å². The van der Waals surface area contributed by atoms with E-state index in [0.717, 1.165) is 17.4 Å². The second-order valence-electron chi connectivity index (χ2n) is 4.15. The quantitative estimate of drug-likeness (QED) is 0.778. The van der Waals surface area contributed by atoms with E-state index in [2.05, 4.69) is 10.3 Å². The van der Waals surface area contributed by atoms with Crippen molar-refractivity contribution >= 4 is 27.2 Å². The molecule has 0 aliphatic heterocycles. The fourth-order valence-electron chi connectivity index (χ4n) is 1.83. The van der Waals surface area contributed by atoms with Crippen LogP contribution in [0.1, 0.15) is 5.01 Å². The summed E-state index contributed by atoms with van der Waals surface area (Å²) in [6.07, 6.45) is 0. The molecule has 0 radical (unpaired) electrons. The first-order valence-corrected chi connectivity index (χ1v) is 6.68. The third kappa shape index (κ3) is 2.34. The Balaban J connectivity index is 1.85. The standard InChI is InChI=1S/C14H9F3N2S/c15-8-3-1-2-4-10(8)18-7-12-19-11-6-5-9(16)13(17)14(11)20-12/h1-6,18H,7H2. The van der Waals surface area contributed by atoms with Crippen molar-refractivity contribution < 1.29 is 13.2 Å². The first-order valence-electron chi connectivity index (χ1n) is 5.87. The lowest BCUT2D eigenvalue weighted by Crippen LogP contribution is -2.00. The van der Waals surface area contributed by atoms with Gasteiger partial charge in [0.2, 0.25) is 0 Å². The number of thiazole rings is 1. The maximum atomic E-state index is 13.6. The van der Waals surface area contributed by atoms with Crippen molar-refractivity contribution in [2.45, 2.75) is 6.54 Å². The highest BCUT2D eigenvalue weighted by Crippen LogP contribution is 2.27.